The van der Waals surface area contributed by atoms with Crippen molar-refractivity contribution in [2.75, 3.05) is 5.32 Å². The number of carbonyl (C=O) groups excluding carboxylic acids is 1. The fourth-order valence-electron chi connectivity index (χ4n) is 1.53. The molecule has 0 aliphatic rings. The van der Waals surface area contributed by atoms with Gasteiger partial charge in [-0.3, -0.25) is 9.78 Å². The van der Waals surface area contributed by atoms with E-state index in [9.17, 15) is 14.0 Å². The quantitative estimate of drug-likeness (QED) is 0.796. The SMILES string of the molecule is O=C(Nc1ccc(I)cc1C(=O)O)c1cncc(F)c1. The van der Waals surface area contributed by atoms with Crippen LogP contribution in [0.4, 0.5) is 10.1 Å². The lowest BCUT2D eigenvalue weighted by molar-refractivity contribution is 0.0698. The van der Waals surface area contributed by atoms with Crippen LogP contribution in [0.3, 0.4) is 0 Å². The topological polar surface area (TPSA) is 79.3 Å². The van der Waals surface area contributed by atoms with E-state index in [1.54, 1.807) is 6.07 Å². The number of halogens is 2. The van der Waals surface area contributed by atoms with Gasteiger partial charge in [-0.1, -0.05) is 0 Å². The number of aromatic nitrogens is 1. The number of amides is 1. The van der Waals surface area contributed by atoms with Crippen LogP contribution in [-0.2, 0) is 0 Å². The van der Waals surface area contributed by atoms with Crippen molar-refractivity contribution in [3.05, 3.63) is 57.2 Å². The van der Waals surface area contributed by atoms with Crippen molar-refractivity contribution in [2.24, 2.45) is 0 Å². The van der Waals surface area contributed by atoms with Crippen molar-refractivity contribution in [1.29, 1.82) is 0 Å². The number of hydrogen-bond acceptors (Lipinski definition) is 3. The highest BCUT2D eigenvalue weighted by Gasteiger charge is 2.14. The highest BCUT2D eigenvalue weighted by atomic mass is 127. The summed E-state index contributed by atoms with van der Waals surface area (Å²) in [5.74, 6) is -2.42. The van der Waals surface area contributed by atoms with Crippen LogP contribution < -0.4 is 5.32 Å². The number of carbonyl (C=O) groups is 2. The summed E-state index contributed by atoms with van der Waals surface area (Å²) in [5.41, 5.74) is 0.127. The van der Waals surface area contributed by atoms with Crippen molar-refractivity contribution in [2.45, 2.75) is 0 Å². The molecule has 2 aromatic rings. The molecule has 7 heteroatoms. The van der Waals surface area contributed by atoms with Crippen LogP contribution >= 0.6 is 22.6 Å². The van der Waals surface area contributed by atoms with Gasteiger partial charge in [-0.25, -0.2) is 9.18 Å². The zero-order chi connectivity index (χ0) is 14.7. The van der Waals surface area contributed by atoms with Gasteiger partial charge in [-0.2, -0.15) is 0 Å². The Bertz CT molecular complexity index is 691. The summed E-state index contributed by atoms with van der Waals surface area (Å²) in [4.78, 5) is 26.6. The lowest BCUT2D eigenvalue weighted by Gasteiger charge is -2.08. The zero-order valence-corrected chi connectivity index (χ0v) is 12.1. The first kappa shape index (κ1) is 14.4. The maximum atomic E-state index is 13.0. The first-order valence-electron chi connectivity index (χ1n) is 5.42. The molecule has 5 nitrogen and oxygen atoms in total. The Hall–Kier alpha value is -2.03. The number of rotatable bonds is 3. The molecule has 0 aliphatic heterocycles. The summed E-state index contributed by atoms with van der Waals surface area (Å²) in [7, 11) is 0. The van der Waals surface area contributed by atoms with Crippen LogP contribution in [0.1, 0.15) is 20.7 Å². The van der Waals surface area contributed by atoms with E-state index in [0.717, 1.165) is 15.8 Å². The molecule has 1 amide bonds. The minimum atomic E-state index is -1.16. The number of carboxylic acid groups (broad SMARTS) is 1. The van der Waals surface area contributed by atoms with E-state index in [2.05, 4.69) is 10.3 Å². The molecular weight excluding hydrogens is 378 g/mol. The predicted octanol–water partition coefficient (Wildman–Crippen LogP) is 2.78. The van der Waals surface area contributed by atoms with E-state index in [-0.39, 0.29) is 16.8 Å². The summed E-state index contributed by atoms with van der Waals surface area (Å²) in [5, 5.41) is 11.5. The Morgan fingerprint density at radius 1 is 1.25 bits per heavy atom. The third-order valence-electron chi connectivity index (χ3n) is 2.43. The van der Waals surface area contributed by atoms with Crippen LogP contribution in [0.5, 0.6) is 0 Å². The van der Waals surface area contributed by atoms with Gasteiger partial charge in [0.25, 0.3) is 5.91 Å². The van der Waals surface area contributed by atoms with Gasteiger partial charge in [0.2, 0.25) is 0 Å². The van der Waals surface area contributed by atoms with Crippen LogP contribution in [0.25, 0.3) is 0 Å². The van der Waals surface area contributed by atoms with Gasteiger partial charge in [0.15, 0.2) is 0 Å². The summed E-state index contributed by atoms with van der Waals surface area (Å²) in [6.07, 6.45) is 2.18. The van der Waals surface area contributed by atoms with E-state index in [4.69, 9.17) is 5.11 Å². The monoisotopic (exact) mass is 386 g/mol. The van der Waals surface area contributed by atoms with Gasteiger partial charge < -0.3 is 10.4 Å². The van der Waals surface area contributed by atoms with Crippen LogP contribution in [-0.4, -0.2) is 22.0 Å². The minimum Gasteiger partial charge on any atom is -0.478 e. The molecule has 0 radical (unpaired) electrons. The van der Waals surface area contributed by atoms with Crippen LogP contribution in [0.2, 0.25) is 0 Å². The number of pyridine rings is 1. The Morgan fingerprint density at radius 2 is 2.00 bits per heavy atom. The molecule has 0 fully saturated rings. The molecule has 0 spiro atoms. The fraction of sp³-hybridized carbons (Fsp3) is 0. The molecule has 1 heterocycles. The van der Waals surface area contributed by atoms with E-state index >= 15 is 0 Å². The predicted molar refractivity (Wildman–Crippen MR) is 78.3 cm³/mol. The third-order valence-corrected chi connectivity index (χ3v) is 3.10. The van der Waals surface area contributed by atoms with E-state index in [1.165, 1.54) is 18.3 Å². The van der Waals surface area contributed by atoms with E-state index in [0.29, 0.717) is 0 Å². The van der Waals surface area contributed by atoms with Gasteiger partial charge in [-0.15, -0.1) is 0 Å². The van der Waals surface area contributed by atoms with E-state index < -0.39 is 17.7 Å². The Morgan fingerprint density at radius 3 is 2.65 bits per heavy atom. The Kier molecular flexibility index (Phi) is 4.28. The summed E-state index contributed by atoms with van der Waals surface area (Å²) >= 11 is 1.97. The molecule has 0 unspecified atom stereocenters. The normalized spacial score (nSPS) is 10.1. The number of anilines is 1. The smallest absolute Gasteiger partial charge is 0.337 e. The van der Waals surface area contributed by atoms with Crippen molar-refractivity contribution in [3.63, 3.8) is 0 Å². The zero-order valence-electron chi connectivity index (χ0n) is 9.93. The number of aromatic carboxylic acids is 1. The van der Waals surface area contributed by atoms with Crippen molar-refractivity contribution < 1.29 is 19.1 Å². The molecule has 1 aromatic heterocycles. The Balaban J connectivity index is 2.30. The highest BCUT2D eigenvalue weighted by Crippen LogP contribution is 2.19. The van der Waals surface area contributed by atoms with Gasteiger partial charge in [0, 0.05) is 9.77 Å². The van der Waals surface area contributed by atoms with Gasteiger partial charge in [-0.05, 0) is 46.9 Å². The fourth-order valence-corrected chi connectivity index (χ4v) is 2.02. The second-order valence-electron chi connectivity index (χ2n) is 3.84. The maximum absolute atomic E-state index is 13.0. The van der Waals surface area contributed by atoms with Crippen molar-refractivity contribution >= 4 is 40.2 Å². The molecule has 102 valence electrons. The first-order valence-corrected chi connectivity index (χ1v) is 6.50. The minimum absolute atomic E-state index is 0.0138. The Labute approximate surface area is 127 Å². The molecule has 1 aromatic carbocycles. The average molecular weight is 386 g/mol. The number of carboxylic acids is 1. The third kappa shape index (κ3) is 3.29. The summed E-state index contributed by atoms with van der Waals surface area (Å²) < 4.78 is 13.7. The molecule has 0 atom stereocenters. The average Bonchev–Trinajstić information content (AvgIpc) is 2.40. The molecule has 2 rings (SSSR count). The molecule has 20 heavy (non-hydrogen) atoms. The number of nitrogens with one attached hydrogen (secondary N) is 1. The highest BCUT2D eigenvalue weighted by molar-refractivity contribution is 14.1. The number of hydrogen-bond donors (Lipinski definition) is 2. The van der Waals surface area contributed by atoms with Crippen LogP contribution in [0.15, 0.2) is 36.7 Å². The molecule has 0 saturated heterocycles. The largest absolute Gasteiger partial charge is 0.478 e. The maximum Gasteiger partial charge on any atom is 0.337 e. The van der Waals surface area contributed by atoms with Gasteiger partial charge >= 0.3 is 5.97 Å². The second-order valence-corrected chi connectivity index (χ2v) is 5.09. The first-order chi connectivity index (χ1) is 9.47. The standard InChI is InChI=1S/C13H8FIN2O3/c14-8-3-7(5-16-6-8)12(18)17-11-2-1-9(15)4-10(11)13(19)20/h1-6H,(H,17,18)(H,19,20). The van der Waals surface area contributed by atoms with E-state index in [1.807, 2.05) is 22.6 Å². The van der Waals surface area contributed by atoms with Gasteiger partial charge in [0.1, 0.15) is 5.82 Å². The van der Waals surface area contributed by atoms with Crippen molar-refractivity contribution in [3.8, 4) is 0 Å². The molecule has 2 N–H and O–H groups in total. The molecular formula is C13H8FIN2O3. The number of nitrogens with zero attached hydrogens (tertiary/aromatic N) is 1. The molecule has 0 aliphatic carbocycles. The number of benzene rings is 1. The molecule has 0 saturated carbocycles. The lowest BCUT2D eigenvalue weighted by atomic mass is 10.1. The lowest BCUT2D eigenvalue weighted by Crippen LogP contribution is -2.15. The molecule has 0 bridgehead atoms. The van der Waals surface area contributed by atoms with Gasteiger partial charge in [0.05, 0.1) is 23.0 Å². The second kappa shape index (κ2) is 5.95. The summed E-state index contributed by atoms with van der Waals surface area (Å²) in [6, 6.07) is 5.60. The van der Waals surface area contributed by atoms with Crippen LogP contribution in [0, 0.1) is 9.39 Å². The van der Waals surface area contributed by atoms with Crippen molar-refractivity contribution in [1.82, 2.24) is 4.98 Å². The summed E-state index contributed by atoms with van der Waals surface area (Å²) in [6.45, 7) is 0.